The van der Waals surface area contributed by atoms with Crippen LogP contribution in [-0.4, -0.2) is 11.8 Å². The van der Waals surface area contributed by atoms with Crippen LogP contribution in [0.2, 0.25) is 5.02 Å². The Labute approximate surface area is 197 Å². The first-order valence-electron chi connectivity index (χ1n) is 10.8. The van der Waals surface area contributed by atoms with Crippen LogP contribution in [0.3, 0.4) is 0 Å². The van der Waals surface area contributed by atoms with E-state index in [2.05, 4.69) is 24.5 Å². The Morgan fingerprint density at radius 3 is 2.61 bits per heavy atom. The van der Waals surface area contributed by atoms with Gasteiger partial charge in [-0.25, -0.2) is 4.79 Å². The van der Waals surface area contributed by atoms with Crippen molar-refractivity contribution in [2.45, 2.75) is 32.7 Å². The molecular weight excluding hydrogens is 438 g/mol. The fourth-order valence-electron chi connectivity index (χ4n) is 4.66. The predicted molar refractivity (Wildman–Crippen MR) is 130 cm³/mol. The third kappa shape index (κ3) is 3.91. The minimum atomic E-state index is -0.725. The van der Waals surface area contributed by atoms with Crippen molar-refractivity contribution in [2.75, 3.05) is 15.5 Å². The summed E-state index contributed by atoms with van der Waals surface area (Å²) >= 11 is 6.31. The zero-order valence-corrected chi connectivity index (χ0v) is 19.1. The molecule has 1 aromatic heterocycles. The smallest absolute Gasteiger partial charge is 0.327 e. The summed E-state index contributed by atoms with van der Waals surface area (Å²) in [6.07, 6.45) is 2.63. The number of nitrogens with one attached hydrogen (secondary N) is 2. The SMILES string of the molecule is CC1(C)CC(=O)C2=C(C1)Nc1ccccc1N(C(=O)Nc1ccccc1Cl)C2c1ccco1. The van der Waals surface area contributed by atoms with Gasteiger partial charge in [0.05, 0.1) is 28.3 Å². The third-order valence-electron chi connectivity index (χ3n) is 6.05. The highest BCUT2D eigenvalue weighted by Crippen LogP contribution is 2.48. The van der Waals surface area contributed by atoms with Gasteiger partial charge in [-0.3, -0.25) is 9.69 Å². The van der Waals surface area contributed by atoms with Gasteiger partial charge in [0.2, 0.25) is 0 Å². The molecule has 2 aliphatic rings. The molecule has 1 aliphatic carbocycles. The summed E-state index contributed by atoms with van der Waals surface area (Å²) in [5.41, 5.74) is 3.05. The first-order chi connectivity index (χ1) is 15.8. The normalized spacial score (nSPS) is 19.3. The van der Waals surface area contributed by atoms with Crippen LogP contribution in [0.15, 0.2) is 82.6 Å². The van der Waals surface area contributed by atoms with Crippen molar-refractivity contribution in [1.29, 1.82) is 0 Å². The monoisotopic (exact) mass is 461 g/mol. The van der Waals surface area contributed by atoms with Crippen molar-refractivity contribution in [3.63, 3.8) is 0 Å². The Morgan fingerprint density at radius 1 is 1.09 bits per heavy atom. The molecule has 0 saturated carbocycles. The zero-order chi connectivity index (χ0) is 23.2. The van der Waals surface area contributed by atoms with E-state index in [1.54, 1.807) is 47.6 Å². The molecular formula is C26H24ClN3O3. The van der Waals surface area contributed by atoms with Gasteiger partial charge in [-0.15, -0.1) is 0 Å². The molecule has 0 radical (unpaired) electrons. The molecule has 2 amide bonds. The van der Waals surface area contributed by atoms with E-state index in [1.807, 2.05) is 24.3 Å². The number of ketones is 1. The second kappa shape index (κ2) is 8.12. The molecule has 3 aromatic rings. The van der Waals surface area contributed by atoms with Crippen LogP contribution in [0.1, 0.15) is 38.5 Å². The quantitative estimate of drug-likeness (QED) is 0.441. The number of Topliss-reactive ketones (excluding diaryl/α,β-unsaturated/α-hetero) is 1. The molecule has 7 heteroatoms. The van der Waals surface area contributed by atoms with Gasteiger partial charge in [-0.05, 0) is 48.2 Å². The van der Waals surface area contributed by atoms with Gasteiger partial charge in [0, 0.05) is 17.7 Å². The minimum Gasteiger partial charge on any atom is -0.467 e. The van der Waals surface area contributed by atoms with Crippen LogP contribution in [0.5, 0.6) is 0 Å². The van der Waals surface area contributed by atoms with Crippen molar-refractivity contribution >= 4 is 40.5 Å². The number of nitrogens with zero attached hydrogens (tertiary/aromatic N) is 1. The number of carbonyl (C=O) groups excluding carboxylic acids is 2. The third-order valence-corrected chi connectivity index (χ3v) is 6.38. The Morgan fingerprint density at radius 2 is 1.85 bits per heavy atom. The maximum Gasteiger partial charge on any atom is 0.327 e. The first kappa shape index (κ1) is 21.3. The number of furan rings is 1. The van der Waals surface area contributed by atoms with Crippen molar-refractivity contribution < 1.29 is 14.0 Å². The average molecular weight is 462 g/mol. The highest BCUT2D eigenvalue weighted by atomic mass is 35.5. The lowest BCUT2D eigenvalue weighted by Gasteiger charge is -2.36. The molecule has 33 heavy (non-hydrogen) atoms. The molecule has 2 aromatic carbocycles. The Kier molecular flexibility index (Phi) is 5.25. The number of benzene rings is 2. The van der Waals surface area contributed by atoms with Gasteiger partial charge in [-0.1, -0.05) is 49.7 Å². The predicted octanol–water partition coefficient (Wildman–Crippen LogP) is 6.78. The number of amides is 2. The van der Waals surface area contributed by atoms with Gasteiger partial charge >= 0.3 is 6.03 Å². The van der Waals surface area contributed by atoms with Crippen LogP contribution in [0.4, 0.5) is 21.9 Å². The van der Waals surface area contributed by atoms with Crippen LogP contribution in [0, 0.1) is 5.41 Å². The topological polar surface area (TPSA) is 74.6 Å². The van der Waals surface area contributed by atoms with Crippen molar-refractivity contribution in [2.24, 2.45) is 5.41 Å². The summed E-state index contributed by atoms with van der Waals surface area (Å²) < 4.78 is 5.79. The second-order valence-corrected chi connectivity index (χ2v) is 9.58. The van der Waals surface area contributed by atoms with E-state index in [0.29, 0.717) is 40.6 Å². The Hall–Kier alpha value is -3.51. The lowest BCUT2D eigenvalue weighted by Crippen LogP contribution is -2.41. The van der Waals surface area contributed by atoms with Gasteiger partial charge < -0.3 is 15.1 Å². The number of rotatable bonds is 2. The highest BCUT2D eigenvalue weighted by molar-refractivity contribution is 6.33. The minimum absolute atomic E-state index is 0.00139. The van der Waals surface area contributed by atoms with E-state index in [0.717, 1.165) is 11.4 Å². The molecule has 2 N–H and O–H groups in total. The molecule has 1 unspecified atom stereocenters. The summed E-state index contributed by atoms with van der Waals surface area (Å²) in [5.74, 6) is 0.516. The molecule has 168 valence electrons. The summed E-state index contributed by atoms with van der Waals surface area (Å²) in [7, 11) is 0. The standard InChI is InChI=1S/C26H24ClN3O3/c1-26(2)14-19-23(21(31)15-26)24(22-12-7-13-33-22)30(20-11-6-5-10-18(20)28-19)25(32)29-17-9-4-3-8-16(17)27/h3-13,24,28H,14-15H2,1-2H3,(H,29,32). The van der Waals surface area contributed by atoms with Gasteiger partial charge in [0.1, 0.15) is 11.8 Å². The van der Waals surface area contributed by atoms with Gasteiger partial charge in [0.25, 0.3) is 0 Å². The van der Waals surface area contributed by atoms with E-state index < -0.39 is 12.1 Å². The van der Waals surface area contributed by atoms with Crippen LogP contribution >= 0.6 is 11.6 Å². The number of para-hydroxylation sites is 3. The second-order valence-electron chi connectivity index (χ2n) is 9.17. The lowest BCUT2D eigenvalue weighted by atomic mass is 9.74. The fraction of sp³-hybridized carbons (Fsp3) is 0.231. The number of hydrogen-bond acceptors (Lipinski definition) is 4. The number of hydrogen-bond donors (Lipinski definition) is 2. The Bertz CT molecular complexity index is 1260. The van der Waals surface area contributed by atoms with E-state index in [-0.39, 0.29) is 11.2 Å². The first-order valence-corrected chi connectivity index (χ1v) is 11.2. The van der Waals surface area contributed by atoms with Crippen LogP contribution < -0.4 is 15.5 Å². The molecule has 6 nitrogen and oxygen atoms in total. The van der Waals surface area contributed by atoms with Crippen molar-refractivity contribution in [1.82, 2.24) is 0 Å². The number of urea groups is 1. The molecule has 2 heterocycles. The fourth-order valence-corrected chi connectivity index (χ4v) is 4.85. The zero-order valence-electron chi connectivity index (χ0n) is 18.4. The summed E-state index contributed by atoms with van der Waals surface area (Å²) in [6, 6.07) is 17.0. The molecule has 0 spiro atoms. The number of allylic oxidation sites excluding steroid dienone is 1. The van der Waals surface area contributed by atoms with Crippen LogP contribution in [-0.2, 0) is 4.79 Å². The number of carbonyl (C=O) groups is 2. The van der Waals surface area contributed by atoms with Crippen molar-refractivity contribution in [3.05, 3.63) is 89.0 Å². The van der Waals surface area contributed by atoms with Crippen molar-refractivity contribution in [3.8, 4) is 0 Å². The van der Waals surface area contributed by atoms with E-state index in [9.17, 15) is 9.59 Å². The van der Waals surface area contributed by atoms with E-state index in [1.165, 1.54) is 0 Å². The molecule has 0 bridgehead atoms. The largest absolute Gasteiger partial charge is 0.467 e. The molecule has 0 fully saturated rings. The lowest BCUT2D eigenvalue weighted by molar-refractivity contribution is -0.118. The van der Waals surface area contributed by atoms with E-state index >= 15 is 0 Å². The number of fused-ring (bicyclic) bond motifs is 1. The van der Waals surface area contributed by atoms with Crippen LogP contribution in [0.25, 0.3) is 0 Å². The molecule has 5 rings (SSSR count). The molecule has 0 saturated heterocycles. The van der Waals surface area contributed by atoms with Gasteiger partial charge in [0.15, 0.2) is 5.78 Å². The average Bonchev–Trinajstić information content (AvgIpc) is 3.24. The van der Waals surface area contributed by atoms with Gasteiger partial charge in [-0.2, -0.15) is 0 Å². The van der Waals surface area contributed by atoms with E-state index in [4.69, 9.17) is 16.0 Å². The number of anilines is 3. The molecule has 1 aliphatic heterocycles. The maximum atomic E-state index is 13.8. The highest BCUT2D eigenvalue weighted by Gasteiger charge is 2.44. The maximum absolute atomic E-state index is 13.8. The summed E-state index contributed by atoms with van der Waals surface area (Å²) in [4.78, 5) is 28.9. The summed E-state index contributed by atoms with van der Waals surface area (Å²) in [5, 5.41) is 6.82. The number of halogens is 1. The summed E-state index contributed by atoms with van der Waals surface area (Å²) in [6.45, 7) is 4.16. The Balaban J connectivity index is 1.70. The molecule has 1 atom stereocenters.